The highest BCUT2D eigenvalue weighted by atomic mass is 79.9. The number of ether oxygens (including phenoxy) is 1. The van der Waals surface area contributed by atoms with E-state index in [1.165, 1.54) is 5.56 Å². The minimum Gasteiger partial charge on any atom is -0.380 e. The highest BCUT2D eigenvalue weighted by molar-refractivity contribution is 9.10. The molecule has 0 radical (unpaired) electrons. The van der Waals surface area contributed by atoms with Gasteiger partial charge in [-0.3, -0.25) is 0 Å². The molecule has 0 aliphatic heterocycles. The third-order valence-corrected chi connectivity index (χ3v) is 3.44. The molecule has 0 amide bonds. The summed E-state index contributed by atoms with van der Waals surface area (Å²) in [5.41, 5.74) is 1.18. The van der Waals surface area contributed by atoms with Crippen LogP contribution in [0.2, 0.25) is 5.02 Å². The molecule has 90 valence electrons. The molecule has 0 aliphatic rings. The summed E-state index contributed by atoms with van der Waals surface area (Å²) in [7, 11) is 0. The minimum atomic E-state index is 0.349. The Balaban J connectivity index is 2.39. The van der Waals surface area contributed by atoms with E-state index in [0.29, 0.717) is 6.04 Å². The van der Waals surface area contributed by atoms with Gasteiger partial charge in [-0.15, -0.1) is 0 Å². The van der Waals surface area contributed by atoms with Gasteiger partial charge in [-0.25, -0.2) is 0 Å². The smallest absolute Gasteiger partial charge is 0.0616 e. The molecule has 1 rings (SSSR count). The molecule has 4 heteroatoms. The highest BCUT2D eigenvalue weighted by Gasteiger charge is 2.02. The second kappa shape index (κ2) is 7.28. The average molecular weight is 307 g/mol. The van der Waals surface area contributed by atoms with Gasteiger partial charge in [0, 0.05) is 23.7 Å². The zero-order valence-corrected chi connectivity index (χ0v) is 11.9. The van der Waals surface area contributed by atoms with E-state index in [1.807, 2.05) is 19.1 Å². The molecular formula is C12H17BrClNO. The molecular weight excluding hydrogens is 289 g/mol. The Morgan fingerprint density at radius 3 is 2.88 bits per heavy atom. The summed E-state index contributed by atoms with van der Waals surface area (Å²) < 4.78 is 6.26. The Morgan fingerprint density at radius 1 is 1.50 bits per heavy atom. The van der Waals surface area contributed by atoms with Gasteiger partial charge >= 0.3 is 0 Å². The fourth-order valence-electron chi connectivity index (χ4n) is 1.30. The van der Waals surface area contributed by atoms with Crippen molar-refractivity contribution >= 4 is 27.5 Å². The summed E-state index contributed by atoms with van der Waals surface area (Å²) >= 11 is 9.38. The molecule has 2 nitrogen and oxygen atoms in total. The van der Waals surface area contributed by atoms with Crippen molar-refractivity contribution in [1.29, 1.82) is 0 Å². The number of hydrogen-bond donors (Lipinski definition) is 1. The normalized spacial score (nSPS) is 12.8. The Kier molecular flexibility index (Phi) is 6.36. The standard InChI is InChI=1S/C12H17BrClNO/c1-3-16-8-9(2)15-7-10-4-5-11(13)12(14)6-10/h4-6,9,15H,3,7-8H2,1-2H3. The number of benzene rings is 1. The van der Waals surface area contributed by atoms with Crippen LogP contribution in [0.25, 0.3) is 0 Å². The topological polar surface area (TPSA) is 21.3 Å². The lowest BCUT2D eigenvalue weighted by molar-refractivity contribution is 0.127. The van der Waals surface area contributed by atoms with Gasteiger partial charge in [0.15, 0.2) is 0 Å². The summed E-state index contributed by atoms with van der Waals surface area (Å²) in [6.07, 6.45) is 0. The first-order valence-electron chi connectivity index (χ1n) is 5.38. The summed E-state index contributed by atoms with van der Waals surface area (Å²) in [5, 5.41) is 4.13. The van der Waals surface area contributed by atoms with Crippen LogP contribution in [-0.4, -0.2) is 19.3 Å². The monoisotopic (exact) mass is 305 g/mol. The van der Waals surface area contributed by atoms with Crippen LogP contribution in [-0.2, 0) is 11.3 Å². The van der Waals surface area contributed by atoms with Crippen LogP contribution >= 0.6 is 27.5 Å². The average Bonchev–Trinajstić information content (AvgIpc) is 2.28. The van der Waals surface area contributed by atoms with Gasteiger partial charge in [-0.2, -0.15) is 0 Å². The van der Waals surface area contributed by atoms with E-state index in [-0.39, 0.29) is 0 Å². The van der Waals surface area contributed by atoms with Crippen LogP contribution in [0.4, 0.5) is 0 Å². The summed E-state index contributed by atoms with van der Waals surface area (Å²) in [6.45, 7) is 6.41. The molecule has 0 fully saturated rings. The molecule has 0 aliphatic carbocycles. The molecule has 1 unspecified atom stereocenters. The van der Waals surface area contributed by atoms with Gasteiger partial charge < -0.3 is 10.1 Å². The molecule has 1 N–H and O–H groups in total. The van der Waals surface area contributed by atoms with Crippen LogP contribution in [0, 0.1) is 0 Å². The minimum absolute atomic E-state index is 0.349. The van der Waals surface area contributed by atoms with Crippen LogP contribution in [0.15, 0.2) is 22.7 Å². The van der Waals surface area contributed by atoms with Crippen molar-refractivity contribution in [2.45, 2.75) is 26.4 Å². The van der Waals surface area contributed by atoms with Crippen molar-refractivity contribution in [1.82, 2.24) is 5.32 Å². The van der Waals surface area contributed by atoms with Crippen LogP contribution in [0.1, 0.15) is 19.4 Å². The van der Waals surface area contributed by atoms with Crippen molar-refractivity contribution < 1.29 is 4.74 Å². The van der Waals surface area contributed by atoms with Gasteiger partial charge in [0.2, 0.25) is 0 Å². The van der Waals surface area contributed by atoms with Crippen molar-refractivity contribution in [3.8, 4) is 0 Å². The largest absolute Gasteiger partial charge is 0.380 e. The third kappa shape index (κ3) is 4.83. The van der Waals surface area contributed by atoms with E-state index < -0.39 is 0 Å². The second-order valence-electron chi connectivity index (χ2n) is 3.69. The second-order valence-corrected chi connectivity index (χ2v) is 4.95. The lowest BCUT2D eigenvalue weighted by Gasteiger charge is -2.13. The molecule has 0 bridgehead atoms. The van der Waals surface area contributed by atoms with Crippen molar-refractivity contribution in [3.05, 3.63) is 33.3 Å². The van der Waals surface area contributed by atoms with Crippen molar-refractivity contribution in [2.24, 2.45) is 0 Å². The molecule has 16 heavy (non-hydrogen) atoms. The molecule has 1 atom stereocenters. The van der Waals surface area contributed by atoms with Gasteiger partial charge in [-0.05, 0) is 47.5 Å². The van der Waals surface area contributed by atoms with E-state index in [9.17, 15) is 0 Å². The molecule has 0 spiro atoms. The summed E-state index contributed by atoms with van der Waals surface area (Å²) in [4.78, 5) is 0. The first kappa shape index (κ1) is 14.0. The first-order valence-corrected chi connectivity index (χ1v) is 6.55. The van der Waals surface area contributed by atoms with Gasteiger partial charge in [0.25, 0.3) is 0 Å². The van der Waals surface area contributed by atoms with E-state index in [2.05, 4.69) is 34.2 Å². The lowest BCUT2D eigenvalue weighted by atomic mass is 10.2. The van der Waals surface area contributed by atoms with Crippen molar-refractivity contribution in [3.63, 3.8) is 0 Å². The maximum absolute atomic E-state index is 6.01. The predicted octanol–water partition coefficient (Wildman–Crippen LogP) is 3.62. The van der Waals surface area contributed by atoms with Crippen LogP contribution in [0.3, 0.4) is 0 Å². The molecule has 1 aromatic rings. The lowest BCUT2D eigenvalue weighted by Crippen LogP contribution is -2.30. The quantitative estimate of drug-likeness (QED) is 0.867. The van der Waals surface area contributed by atoms with E-state index in [1.54, 1.807) is 0 Å². The zero-order valence-electron chi connectivity index (χ0n) is 9.59. The maximum Gasteiger partial charge on any atom is 0.0616 e. The fraction of sp³-hybridized carbons (Fsp3) is 0.500. The first-order chi connectivity index (χ1) is 7.63. The Hall–Kier alpha value is -0.0900. The Morgan fingerprint density at radius 2 is 2.25 bits per heavy atom. The maximum atomic E-state index is 6.01. The van der Waals surface area contributed by atoms with E-state index in [0.717, 1.165) is 29.3 Å². The van der Waals surface area contributed by atoms with E-state index >= 15 is 0 Å². The third-order valence-electron chi connectivity index (χ3n) is 2.21. The summed E-state index contributed by atoms with van der Waals surface area (Å²) in [5.74, 6) is 0. The van der Waals surface area contributed by atoms with Crippen LogP contribution in [0.5, 0.6) is 0 Å². The van der Waals surface area contributed by atoms with Gasteiger partial charge in [0.05, 0.1) is 11.6 Å². The van der Waals surface area contributed by atoms with E-state index in [4.69, 9.17) is 16.3 Å². The zero-order chi connectivity index (χ0) is 12.0. The number of rotatable bonds is 6. The number of nitrogens with one attached hydrogen (secondary N) is 1. The Bertz CT molecular complexity index is 333. The van der Waals surface area contributed by atoms with Crippen LogP contribution < -0.4 is 5.32 Å². The van der Waals surface area contributed by atoms with Crippen molar-refractivity contribution in [2.75, 3.05) is 13.2 Å². The van der Waals surface area contributed by atoms with Gasteiger partial charge in [-0.1, -0.05) is 17.7 Å². The molecule has 1 aromatic carbocycles. The molecule has 0 saturated heterocycles. The number of hydrogen-bond acceptors (Lipinski definition) is 2. The molecule has 0 heterocycles. The number of halogens is 2. The highest BCUT2D eigenvalue weighted by Crippen LogP contribution is 2.23. The molecule has 0 aromatic heterocycles. The SMILES string of the molecule is CCOCC(C)NCc1ccc(Br)c(Cl)c1. The Labute approximate surface area is 110 Å². The summed E-state index contributed by atoms with van der Waals surface area (Å²) in [6, 6.07) is 6.33. The fourth-order valence-corrected chi connectivity index (χ4v) is 1.74. The van der Waals surface area contributed by atoms with Gasteiger partial charge in [0.1, 0.15) is 0 Å². The molecule has 0 saturated carbocycles. The predicted molar refractivity (Wildman–Crippen MR) is 71.9 cm³/mol.